The fourth-order valence-corrected chi connectivity index (χ4v) is 2.67. The summed E-state index contributed by atoms with van der Waals surface area (Å²) in [7, 11) is 0. The molecule has 0 spiro atoms. The van der Waals surface area contributed by atoms with Crippen molar-refractivity contribution in [2.24, 2.45) is 5.92 Å². The number of halogens is 2. The van der Waals surface area contributed by atoms with E-state index >= 15 is 0 Å². The molecule has 1 heterocycles. The third-order valence-corrected chi connectivity index (χ3v) is 4.03. The van der Waals surface area contributed by atoms with Crippen LogP contribution in [0, 0.1) is 5.92 Å². The number of thiophene rings is 1. The fourth-order valence-electron chi connectivity index (χ4n) is 1.59. The van der Waals surface area contributed by atoms with Crippen LogP contribution < -0.4 is 10.6 Å². The van der Waals surface area contributed by atoms with Crippen molar-refractivity contribution < 1.29 is 4.79 Å². The molecule has 0 aromatic carbocycles. The first kappa shape index (κ1) is 15.8. The van der Waals surface area contributed by atoms with Crippen LogP contribution in [0.5, 0.6) is 0 Å². The van der Waals surface area contributed by atoms with Gasteiger partial charge in [-0.05, 0) is 43.9 Å². The molecular weight excluding hydrogens is 291 g/mol. The van der Waals surface area contributed by atoms with Gasteiger partial charge in [-0.2, -0.15) is 0 Å². The smallest absolute Gasteiger partial charge is 0.233 e. The lowest BCUT2D eigenvalue weighted by molar-refractivity contribution is -0.120. The number of hydrogen-bond acceptors (Lipinski definition) is 3. The molecular formula is C12H18Cl2N2OS. The van der Waals surface area contributed by atoms with Crippen LogP contribution in [-0.2, 0) is 11.2 Å². The second kappa shape index (κ2) is 8.00. The lowest BCUT2D eigenvalue weighted by Crippen LogP contribution is -2.35. The average Bonchev–Trinajstić information content (AvgIpc) is 3.02. The Morgan fingerprint density at radius 2 is 2.22 bits per heavy atom. The predicted molar refractivity (Wildman–Crippen MR) is 78.9 cm³/mol. The molecule has 0 saturated heterocycles. The minimum Gasteiger partial charge on any atom is -0.355 e. The molecule has 18 heavy (non-hydrogen) atoms. The molecule has 1 aromatic rings. The molecule has 1 aliphatic rings. The summed E-state index contributed by atoms with van der Waals surface area (Å²) in [6, 6.07) is 3.89. The van der Waals surface area contributed by atoms with Crippen molar-refractivity contribution >= 4 is 41.3 Å². The van der Waals surface area contributed by atoms with E-state index in [0.717, 1.165) is 23.2 Å². The number of amides is 1. The second-order valence-electron chi connectivity index (χ2n) is 4.38. The largest absolute Gasteiger partial charge is 0.355 e. The van der Waals surface area contributed by atoms with E-state index in [9.17, 15) is 4.79 Å². The van der Waals surface area contributed by atoms with E-state index in [1.165, 1.54) is 17.7 Å². The lowest BCUT2D eigenvalue weighted by Gasteiger charge is -2.05. The molecule has 0 atom stereocenters. The van der Waals surface area contributed by atoms with E-state index in [-0.39, 0.29) is 18.3 Å². The van der Waals surface area contributed by atoms with Gasteiger partial charge >= 0.3 is 0 Å². The van der Waals surface area contributed by atoms with Crippen molar-refractivity contribution in [1.29, 1.82) is 0 Å². The molecule has 6 heteroatoms. The van der Waals surface area contributed by atoms with Gasteiger partial charge in [-0.1, -0.05) is 11.6 Å². The lowest BCUT2D eigenvalue weighted by atomic mass is 10.3. The van der Waals surface area contributed by atoms with Gasteiger partial charge in [-0.25, -0.2) is 0 Å². The molecule has 0 unspecified atom stereocenters. The van der Waals surface area contributed by atoms with Gasteiger partial charge in [-0.15, -0.1) is 23.7 Å². The van der Waals surface area contributed by atoms with Crippen LogP contribution in [-0.4, -0.2) is 25.5 Å². The molecule has 1 amide bonds. The normalized spacial score (nSPS) is 14.1. The second-order valence-corrected chi connectivity index (χ2v) is 6.18. The van der Waals surface area contributed by atoms with Crippen LogP contribution >= 0.6 is 35.3 Å². The van der Waals surface area contributed by atoms with Crippen LogP contribution in [0.2, 0.25) is 4.34 Å². The van der Waals surface area contributed by atoms with Crippen LogP contribution in [0.4, 0.5) is 0 Å². The minimum atomic E-state index is 0. The van der Waals surface area contributed by atoms with Crippen LogP contribution in [0.25, 0.3) is 0 Å². The Morgan fingerprint density at radius 3 is 2.83 bits per heavy atom. The molecule has 1 saturated carbocycles. The Balaban J connectivity index is 0.00000162. The highest BCUT2D eigenvalue weighted by Crippen LogP contribution is 2.27. The zero-order valence-electron chi connectivity index (χ0n) is 10.1. The molecule has 0 radical (unpaired) electrons. The standard InChI is InChI=1S/C12H17ClN2OS.ClH/c13-11-4-3-10(17-11)5-6-15-12(16)8-14-7-9-1-2-9;/h3-4,9,14H,1-2,5-8H2,(H,15,16);1H. The SMILES string of the molecule is Cl.O=C(CNCC1CC1)NCCc1ccc(Cl)s1. The van der Waals surface area contributed by atoms with E-state index in [1.54, 1.807) is 11.3 Å². The van der Waals surface area contributed by atoms with E-state index in [2.05, 4.69) is 10.6 Å². The number of rotatable bonds is 7. The Labute approximate surface area is 123 Å². The Hall–Kier alpha value is -0.290. The van der Waals surface area contributed by atoms with Gasteiger partial charge in [0.1, 0.15) is 0 Å². The first-order valence-electron chi connectivity index (χ1n) is 5.95. The first-order valence-corrected chi connectivity index (χ1v) is 7.15. The highest BCUT2D eigenvalue weighted by molar-refractivity contribution is 7.16. The van der Waals surface area contributed by atoms with Gasteiger partial charge in [0.05, 0.1) is 10.9 Å². The Bertz CT molecular complexity index is 380. The topological polar surface area (TPSA) is 41.1 Å². The van der Waals surface area contributed by atoms with Crippen molar-refractivity contribution in [2.75, 3.05) is 19.6 Å². The summed E-state index contributed by atoms with van der Waals surface area (Å²) >= 11 is 7.40. The quantitative estimate of drug-likeness (QED) is 0.812. The summed E-state index contributed by atoms with van der Waals surface area (Å²) in [6.07, 6.45) is 3.48. The highest BCUT2D eigenvalue weighted by Gasteiger charge is 2.20. The summed E-state index contributed by atoms with van der Waals surface area (Å²) in [6.45, 7) is 2.09. The Morgan fingerprint density at radius 1 is 1.44 bits per heavy atom. The van der Waals surface area contributed by atoms with E-state index < -0.39 is 0 Å². The van der Waals surface area contributed by atoms with Crippen molar-refractivity contribution in [3.8, 4) is 0 Å². The summed E-state index contributed by atoms with van der Waals surface area (Å²) in [5.41, 5.74) is 0. The van der Waals surface area contributed by atoms with E-state index in [0.29, 0.717) is 13.1 Å². The predicted octanol–water partition coefficient (Wildman–Crippen LogP) is 2.48. The first-order chi connectivity index (χ1) is 8.24. The monoisotopic (exact) mass is 308 g/mol. The Kier molecular flexibility index (Phi) is 7.00. The third-order valence-electron chi connectivity index (χ3n) is 2.74. The van der Waals surface area contributed by atoms with Gasteiger partial charge < -0.3 is 10.6 Å². The molecule has 0 bridgehead atoms. The number of carbonyl (C=O) groups is 1. The maximum Gasteiger partial charge on any atom is 0.233 e. The maximum absolute atomic E-state index is 11.4. The number of carbonyl (C=O) groups excluding carboxylic acids is 1. The summed E-state index contributed by atoms with van der Waals surface area (Å²) in [5.74, 6) is 0.893. The summed E-state index contributed by atoms with van der Waals surface area (Å²) in [4.78, 5) is 12.7. The molecule has 102 valence electrons. The van der Waals surface area contributed by atoms with Crippen LogP contribution in [0.15, 0.2) is 12.1 Å². The summed E-state index contributed by atoms with van der Waals surface area (Å²) in [5, 5.41) is 6.07. The average molecular weight is 309 g/mol. The number of nitrogens with one attached hydrogen (secondary N) is 2. The van der Waals surface area contributed by atoms with Gasteiger partial charge in [0, 0.05) is 11.4 Å². The molecule has 1 aliphatic carbocycles. The van der Waals surface area contributed by atoms with E-state index in [1.807, 2.05) is 12.1 Å². The molecule has 2 rings (SSSR count). The fraction of sp³-hybridized carbons (Fsp3) is 0.583. The van der Waals surface area contributed by atoms with Crippen molar-refractivity contribution in [3.05, 3.63) is 21.3 Å². The molecule has 1 aromatic heterocycles. The van der Waals surface area contributed by atoms with Crippen molar-refractivity contribution in [3.63, 3.8) is 0 Å². The van der Waals surface area contributed by atoms with E-state index in [4.69, 9.17) is 11.6 Å². The maximum atomic E-state index is 11.4. The minimum absolute atomic E-state index is 0. The molecule has 0 aliphatic heterocycles. The zero-order valence-corrected chi connectivity index (χ0v) is 12.5. The van der Waals surface area contributed by atoms with Crippen LogP contribution in [0.3, 0.4) is 0 Å². The molecule has 1 fully saturated rings. The van der Waals surface area contributed by atoms with Crippen molar-refractivity contribution in [1.82, 2.24) is 10.6 Å². The van der Waals surface area contributed by atoms with Gasteiger partial charge in [0.25, 0.3) is 0 Å². The van der Waals surface area contributed by atoms with Crippen LogP contribution in [0.1, 0.15) is 17.7 Å². The third kappa shape index (κ3) is 6.05. The van der Waals surface area contributed by atoms with Gasteiger partial charge in [0.2, 0.25) is 5.91 Å². The number of hydrogen-bond donors (Lipinski definition) is 2. The summed E-state index contributed by atoms with van der Waals surface area (Å²) < 4.78 is 0.803. The highest BCUT2D eigenvalue weighted by atomic mass is 35.5. The van der Waals surface area contributed by atoms with Crippen molar-refractivity contribution in [2.45, 2.75) is 19.3 Å². The molecule has 3 nitrogen and oxygen atoms in total. The zero-order chi connectivity index (χ0) is 12.1. The van der Waals surface area contributed by atoms with Gasteiger partial charge in [0.15, 0.2) is 0 Å². The van der Waals surface area contributed by atoms with Gasteiger partial charge in [-0.3, -0.25) is 4.79 Å². The molecule has 2 N–H and O–H groups in total.